The average Bonchev–Trinajstić information content (AvgIpc) is 2.35. The number of hydrogen-bond donors (Lipinski definition) is 5. The molecule has 0 fully saturated rings. The molecule has 19 heavy (non-hydrogen) atoms. The van der Waals surface area contributed by atoms with Crippen LogP contribution in [0.5, 0.6) is 0 Å². The second-order valence-electron chi connectivity index (χ2n) is 3.46. The van der Waals surface area contributed by atoms with E-state index in [1.165, 1.54) is 6.07 Å². The summed E-state index contributed by atoms with van der Waals surface area (Å²) in [5.74, 6) is 9.38. The second-order valence-corrected chi connectivity index (χ2v) is 3.46. The first kappa shape index (κ1) is 14.2. The highest BCUT2D eigenvalue weighted by Gasteiger charge is 2.16. The number of anilines is 2. The Hall–Kier alpha value is -2.85. The first-order valence-corrected chi connectivity index (χ1v) is 4.81. The van der Waals surface area contributed by atoms with Crippen molar-refractivity contribution in [3.8, 4) is 0 Å². The lowest BCUT2D eigenvalue weighted by molar-refractivity contribution is 0.0697. The van der Waals surface area contributed by atoms with Crippen molar-refractivity contribution >= 4 is 29.4 Å². The smallest absolute Gasteiger partial charge is 0.335 e. The lowest BCUT2D eigenvalue weighted by atomic mass is 10.1. The van der Waals surface area contributed by atoms with Crippen molar-refractivity contribution in [2.75, 3.05) is 10.0 Å². The number of hydrogen-bond acceptors (Lipinski definition) is 5. The molecule has 0 aliphatic rings. The number of carboxylic acids is 1. The number of aromatic carboxylic acids is 1. The van der Waals surface area contributed by atoms with E-state index in [1.54, 1.807) is 0 Å². The number of benzene rings is 1. The first-order chi connectivity index (χ1) is 8.73. The van der Waals surface area contributed by atoms with Gasteiger partial charge in [0.05, 0.1) is 16.9 Å². The summed E-state index contributed by atoms with van der Waals surface area (Å²) in [6.45, 7) is 0. The van der Waals surface area contributed by atoms with Gasteiger partial charge in [-0.15, -0.1) is 0 Å². The molecular weight excluding hydrogens is 256 g/mol. The summed E-state index contributed by atoms with van der Waals surface area (Å²) < 4.78 is 0. The van der Waals surface area contributed by atoms with E-state index in [4.69, 9.17) is 28.3 Å². The van der Waals surface area contributed by atoms with Gasteiger partial charge in [0, 0.05) is 0 Å². The van der Waals surface area contributed by atoms with E-state index in [2.05, 4.69) is 0 Å². The summed E-state index contributed by atoms with van der Waals surface area (Å²) in [7, 11) is 0. The van der Waals surface area contributed by atoms with Gasteiger partial charge in [-0.1, -0.05) is 0 Å². The number of carbonyl (C=O) groups excluding carboxylic acids is 2. The molecule has 0 atom stereocenters. The topological polar surface area (TPSA) is 182 Å². The zero-order valence-electron chi connectivity index (χ0n) is 9.61. The van der Waals surface area contributed by atoms with Crippen molar-refractivity contribution in [1.29, 1.82) is 0 Å². The number of hydrazine groups is 2. The lowest BCUT2D eigenvalue weighted by Crippen LogP contribution is -2.43. The SMILES string of the molecule is NC(=O)N(N)c1cc(C(=O)O)cc(N(N)C(N)=O)c1. The maximum Gasteiger partial charge on any atom is 0.335 e. The van der Waals surface area contributed by atoms with Crippen LogP contribution < -0.4 is 33.2 Å². The summed E-state index contributed by atoms with van der Waals surface area (Å²) in [4.78, 5) is 32.8. The Morgan fingerprint density at radius 2 is 1.26 bits per heavy atom. The minimum atomic E-state index is -1.31. The molecule has 0 saturated carbocycles. The van der Waals surface area contributed by atoms with Gasteiger partial charge in [-0.05, 0) is 18.2 Å². The van der Waals surface area contributed by atoms with Crippen LogP contribution in [-0.4, -0.2) is 23.1 Å². The number of carboxylic acid groups (broad SMARTS) is 1. The molecule has 102 valence electrons. The number of nitrogens with zero attached hydrogens (tertiary/aromatic N) is 2. The van der Waals surface area contributed by atoms with Crippen LogP contribution >= 0.6 is 0 Å². The molecule has 1 aromatic rings. The predicted molar refractivity (Wildman–Crippen MR) is 65.9 cm³/mol. The van der Waals surface area contributed by atoms with Crippen LogP contribution in [0.1, 0.15) is 10.4 Å². The third-order valence-electron chi connectivity index (χ3n) is 2.18. The third-order valence-corrected chi connectivity index (χ3v) is 2.18. The number of nitrogens with two attached hydrogens (primary N) is 4. The summed E-state index contributed by atoms with van der Waals surface area (Å²) in [5, 5.41) is 9.93. The van der Waals surface area contributed by atoms with Crippen molar-refractivity contribution in [2.45, 2.75) is 0 Å². The Balaban J connectivity index is 3.37. The van der Waals surface area contributed by atoms with Crippen LogP contribution in [0.25, 0.3) is 0 Å². The molecule has 1 aromatic carbocycles. The fourth-order valence-corrected chi connectivity index (χ4v) is 1.25. The van der Waals surface area contributed by atoms with E-state index in [9.17, 15) is 14.4 Å². The van der Waals surface area contributed by atoms with Crippen molar-refractivity contribution in [3.05, 3.63) is 23.8 Å². The van der Waals surface area contributed by atoms with E-state index in [1.807, 2.05) is 0 Å². The van der Waals surface area contributed by atoms with Crippen LogP contribution in [0.15, 0.2) is 18.2 Å². The average molecular weight is 268 g/mol. The van der Waals surface area contributed by atoms with Crippen molar-refractivity contribution in [3.63, 3.8) is 0 Å². The van der Waals surface area contributed by atoms with Gasteiger partial charge in [0.1, 0.15) is 0 Å². The van der Waals surface area contributed by atoms with Crippen LogP contribution in [0.4, 0.5) is 21.0 Å². The van der Waals surface area contributed by atoms with Gasteiger partial charge in [0.25, 0.3) is 0 Å². The fraction of sp³-hybridized carbons (Fsp3) is 0. The van der Waals surface area contributed by atoms with Gasteiger partial charge >= 0.3 is 18.0 Å². The summed E-state index contributed by atoms with van der Waals surface area (Å²) in [6, 6.07) is 1.32. The Morgan fingerprint density at radius 1 is 0.895 bits per heavy atom. The fourth-order valence-electron chi connectivity index (χ4n) is 1.25. The van der Waals surface area contributed by atoms with Gasteiger partial charge in [0.15, 0.2) is 0 Å². The maximum atomic E-state index is 10.9. The minimum absolute atomic E-state index is 0.0564. The first-order valence-electron chi connectivity index (χ1n) is 4.81. The predicted octanol–water partition coefficient (Wildman–Crippen LogP) is -1.10. The van der Waals surface area contributed by atoms with Crippen LogP contribution in [0.2, 0.25) is 0 Å². The van der Waals surface area contributed by atoms with Crippen LogP contribution in [-0.2, 0) is 0 Å². The molecule has 9 N–H and O–H groups in total. The van der Waals surface area contributed by atoms with E-state index in [0.29, 0.717) is 10.0 Å². The highest BCUT2D eigenvalue weighted by Crippen LogP contribution is 2.23. The molecule has 0 saturated heterocycles. The number of carbonyl (C=O) groups is 3. The van der Waals surface area contributed by atoms with Gasteiger partial charge in [0.2, 0.25) is 0 Å². The maximum absolute atomic E-state index is 10.9. The standard InChI is InChI=1S/C9H12N6O4/c10-8(18)14(12)5-1-4(7(16)17)2-6(3-5)15(13)9(11)19/h1-3H,12-13H2,(H2,10,18)(H2,11,19)(H,16,17). The molecule has 10 nitrogen and oxygen atoms in total. The number of amides is 4. The molecule has 10 heteroatoms. The molecule has 0 aliphatic heterocycles. The van der Waals surface area contributed by atoms with Gasteiger partial charge < -0.3 is 16.6 Å². The summed E-state index contributed by atoms with van der Waals surface area (Å²) >= 11 is 0. The van der Waals surface area contributed by atoms with Gasteiger partial charge in [-0.25, -0.2) is 36.1 Å². The molecule has 0 heterocycles. The zero-order chi connectivity index (χ0) is 14.7. The molecule has 0 spiro atoms. The molecule has 0 bridgehead atoms. The third kappa shape index (κ3) is 3.08. The van der Waals surface area contributed by atoms with Crippen LogP contribution in [0.3, 0.4) is 0 Å². The molecule has 0 unspecified atom stereocenters. The number of urea groups is 2. The molecular formula is C9H12N6O4. The van der Waals surface area contributed by atoms with E-state index < -0.39 is 18.0 Å². The van der Waals surface area contributed by atoms with Gasteiger partial charge in [-0.3, -0.25) is 0 Å². The summed E-state index contributed by atoms with van der Waals surface area (Å²) in [6.07, 6.45) is 0. The van der Waals surface area contributed by atoms with Crippen molar-refractivity contribution < 1.29 is 19.5 Å². The van der Waals surface area contributed by atoms with E-state index in [-0.39, 0.29) is 16.9 Å². The van der Waals surface area contributed by atoms with E-state index in [0.717, 1.165) is 12.1 Å². The minimum Gasteiger partial charge on any atom is -0.478 e. The molecule has 0 aliphatic carbocycles. The Labute approximate surface area is 107 Å². The summed E-state index contributed by atoms with van der Waals surface area (Å²) in [5.41, 5.74) is 9.55. The Bertz CT molecular complexity index is 507. The largest absolute Gasteiger partial charge is 0.478 e. The van der Waals surface area contributed by atoms with Gasteiger partial charge in [-0.2, -0.15) is 0 Å². The number of primary amides is 2. The molecule has 1 rings (SSSR count). The van der Waals surface area contributed by atoms with Crippen molar-refractivity contribution in [2.24, 2.45) is 23.2 Å². The quantitative estimate of drug-likeness (QED) is 0.263. The molecule has 0 aromatic heterocycles. The molecule has 4 amide bonds. The molecule has 0 radical (unpaired) electrons. The second kappa shape index (κ2) is 5.20. The Kier molecular flexibility index (Phi) is 3.89. The zero-order valence-corrected chi connectivity index (χ0v) is 9.61. The van der Waals surface area contributed by atoms with Crippen LogP contribution in [0, 0.1) is 0 Å². The monoisotopic (exact) mass is 268 g/mol. The Morgan fingerprint density at radius 3 is 1.53 bits per heavy atom. The number of rotatable bonds is 3. The normalized spacial score (nSPS) is 9.79. The highest BCUT2D eigenvalue weighted by atomic mass is 16.4. The lowest BCUT2D eigenvalue weighted by Gasteiger charge is -2.19. The van der Waals surface area contributed by atoms with Crippen molar-refractivity contribution in [1.82, 2.24) is 0 Å². The highest BCUT2D eigenvalue weighted by molar-refractivity contribution is 5.97. The van der Waals surface area contributed by atoms with E-state index >= 15 is 0 Å².